The van der Waals surface area contributed by atoms with Crippen molar-refractivity contribution >= 4 is 39.9 Å². The first kappa shape index (κ1) is 30.1. The summed E-state index contributed by atoms with van der Waals surface area (Å²) in [5.74, 6) is 1.66. The van der Waals surface area contributed by atoms with Gasteiger partial charge in [0, 0.05) is 69.0 Å². The molecule has 248 valence electrons. The Morgan fingerprint density at radius 2 is 1.81 bits per heavy atom. The van der Waals surface area contributed by atoms with Crippen LogP contribution < -0.4 is 20.3 Å². The van der Waals surface area contributed by atoms with Crippen molar-refractivity contribution in [3.8, 4) is 5.75 Å². The number of aromatic nitrogens is 5. The van der Waals surface area contributed by atoms with Gasteiger partial charge in [0.2, 0.25) is 5.91 Å². The Labute approximate surface area is 274 Å². The number of carbonyl (C=O) groups is 2. The number of amides is 2. The molecule has 1 aliphatic carbocycles. The molecule has 4 aliphatic rings. The second-order valence-electron chi connectivity index (χ2n) is 14.0. The molecule has 3 saturated heterocycles. The first-order chi connectivity index (χ1) is 22.9. The number of nitrogens with one attached hydrogen (secondary N) is 2. The van der Waals surface area contributed by atoms with Gasteiger partial charge in [0.25, 0.3) is 5.91 Å². The lowest BCUT2D eigenvalue weighted by molar-refractivity contribution is -0.140. The number of piperazine rings is 1. The summed E-state index contributed by atoms with van der Waals surface area (Å²) in [6.07, 6.45) is 11.7. The van der Waals surface area contributed by atoms with Crippen LogP contribution in [0.25, 0.3) is 16.6 Å². The van der Waals surface area contributed by atoms with E-state index in [0.29, 0.717) is 40.0 Å². The number of likely N-dealkylation sites (tertiary alicyclic amines) is 1. The lowest BCUT2D eigenvalue weighted by atomic mass is 9.60. The van der Waals surface area contributed by atoms with Crippen LogP contribution in [0.5, 0.6) is 5.75 Å². The van der Waals surface area contributed by atoms with Crippen molar-refractivity contribution in [3.63, 3.8) is 0 Å². The minimum Gasteiger partial charge on any atom is -0.494 e. The number of anilines is 2. The maximum absolute atomic E-state index is 13.6. The van der Waals surface area contributed by atoms with Crippen molar-refractivity contribution in [2.75, 3.05) is 76.7 Å². The van der Waals surface area contributed by atoms with Crippen LogP contribution in [-0.4, -0.2) is 113 Å². The maximum atomic E-state index is 13.6. The SMILES string of the molecule is COc1cc2nn(C3CC4(CCN(C(=O)C5CCNCC5)CC4)C3)cc2cc1NC(=O)c1cnn2ccc(N3CCN(C)CC3)nc12. The standard InChI is InChI=1S/C34H44N10O3/c1-40-13-15-41(16-14-40)30-5-10-43-31(38-30)26(21-36-43)32(45)37-28-17-24-22-44(39-27(24)18-29(28)47-2)25-19-34(20-25)6-11-42(12-7-34)33(46)23-3-8-35-9-4-23/h5,10,17-18,21-23,25,35H,3-4,6-9,11-16,19-20H2,1-2H3,(H,37,45). The third kappa shape index (κ3) is 5.69. The van der Waals surface area contributed by atoms with Gasteiger partial charge in [-0.3, -0.25) is 14.3 Å². The van der Waals surface area contributed by atoms with Gasteiger partial charge >= 0.3 is 0 Å². The molecule has 3 aliphatic heterocycles. The van der Waals surface area contributed by atoms with E-state index in [0.717, 1.165) is 108 Å². The zero-order chi connectivity index (χ0) is 32.1. The first-order valence-electron chi connectivity index (χ1n) is 17.0. The summed E-state index contributed by atoms with van der Waals surface area (Å²) in [4.78, 5) is 38.1. The first-order valence-corrected chi connectivity index (χ1v) is 17.0. The number of ether oxygens (including phenoxy) is 1. The van der Waals surface area contributed by atoms with Gasteiger partial charge < -0.3 is 30.1 Å². The minimum absolute atomic E-state index is 0.193. The Hall–Kier alpha value is -4.23. The van der Waals surface area contributed by atoms with Crippen molar-refractivity contribution in [1.82, 2.24) is 39.5 Å². The second-order valence-corrected chi connectivity index (χ2v) is 14.0. The topological polar surface area (TPSA) is 125 Å². The molecule has 1 aromatic carbocycles. The van der Waals surface area contributed by atoms with Crippen LogP contribution >= 0.6 is 0 Å². The molecule has 47 heavy (non-hydrogen) atoms. The summed E-state index contributed by atoms with van der Waals surface area (Å²) in [7, 11) is 3.73. The number of rotatable bonds is 6. The number of piperidine rings is 2. The number of nitrogens with zero attached hydrogens (tertiary/aromatic N) is 8. The Morgan fingerprint density at radius 1 is 1.04 bits per heavy atom. The fourth-order valence-electron chi connectivity index (χ4n) is 8.01. The van der Waals surface area contributed by atoms with E-state index >= 15 is 0 Å². The molecular formula is C34H44N10O3. The van der Waals surface area contributed by atoms with E-state index in [9.17, 15) is 9.59 Å². The number of hydrogen-bond acceptors (Lipinski definition) is 9. The van der Waals surface area contributed by atoms with Crippen LogP contribution in [0.3, 0.4) is 0 Å². The summed E-state index contributed by atoms with van der Waals surface area (Å²) < 4.78 is 9.42. The number of methoxy groups -OCH3 is 1. The lowest BCUT2D eigenvalue weighted by Crippen LogP contribution is -2.51. The zero-order valence-electron chi connectivity index (χ0n) is 27.3. The fourth-order valence-corrected chi connectivity index (χ4v) is 8.01. The maximum Gasteiger partial charge on any atom is 0.261 e. The second kappa shape index (κ2) is 12.1. The molecule has 0 unspecified atom stereocenters. The Morgan fingerprint density at radius 3 is 2.55 bits per heavy atom. The van der Waals surface area contributed by atoms with Crippen LogP contribution in [0.1, 0.15) is 54.9 Å². The number of carbonyl (C=O) groups excluding carboxylic acids is 2. The van der Waals surface area contributed by atoms with Gasteiger partial charge in [0.05, 0.1) is 30.6 Å². The van der Waals surface area contributed by atoms with E-state index in [2.05, 4.69) is 48.4 Å². The highest BCUT2D eigenvalue weighted by atomic mass is 16.5. The van der Waals surface area contributed by atoms with E-state index in [1.54, 1.807) is 17.8 Å². The van der Waals surface area contributed by atoms with Crippen LogP contribution in [0.2, 0.25) is 0 Å². The van der Waals surface area contributed by atoms with Gasteiger partial charge in [-0.2, -0.15) is 10.2 Å². The van der Waals surface area contributed by atoms with Crippen molar-refractivity contribution in [3.05, 3.63) is 42.4 Å². The molecule has 2 N–H and O–H groups in total. The van der Waals surface area contributed by atoms with Crippen molar-refractivity contribution < 1.29 is 14.3 Å². The molecule has 2 amide bonds. The van der Waals surface area contributed by atoms with Gasteiger partial charge in [-0.1, -0.05) is 0 Å². The monoisotopic (exact) mass is 640 g/mol. The largest absolute Gasteiger partial charge is 0.494 e. The molecular weight excluding hydrogens is 596 g/mol. The van der Waals surface area contributed by atoms with Gasteiger partial charge in [0.1, 0.15) is 17.1 Å². The predicted octanol–water partition coefficient (Wildman–Crippen LogP) is 3.04. The van der Waals surface area contributed by atoms with Gasteiger partial charge in [-0.15, -0.1) is 0 Å². The number of hydrogen-bond donors (Lipinski definition) is 2. The van der Waals surface area contributed by atoms with Crippen molar-refractivity contribution in [2.24, 2.45) is 11.3 Å². The number of fused-ring (bicyclic) bond motifs is 2. The molecule has 3 aromatic heterocycles. The zero-order valence-corrected chi connectivity index (χ0v) is 27.3. The average Bonchev–Trinajstić information content (AvgIpc) is 3.71. The summed E-state index contributed by atoms with van der Waals surface area (Å²) in [5.41, 5.74) is 2.64. The van der Waals surface area contributed by atoms with Crippen molar-refractivity contribution in [1.29, 1.82) is 0 Å². The molecule has 1 saturated carbocycles. The molecule has 4 fully saturated rings. The Kier molecular flexibility index (Phi) is 7.75. The molecule has 6 heterocycles. The van der Waals surface area contributed by atoms with Gasteiger partial charge in [-0.25, -0.2) is 9.50 Å². The molecule has 1 spiro atoms. The summed E-state index contributed by atoms with van der Waals surface area (Å²) >= 11 is 0. The molecule has 0 bridgehead atoms. The molecule has 0 atom stereocenters. The quantitative estimate of drug-likeness (QED) is 0.327. The van der Waals surface area contributed by atoms with Gasteiger partial charge in [-0.05, 0) is 76.2 Å². The van der Waals surface area contributed by atoms with E-state index in [1.165, 1.54) is 0 Å². The molecule has 13 heteroatoms. The van der Waals surface area contributed by atoms with Crippen LogP contribution in [-0.2, 0) is 4.79 Å². The third-order valence-corrected chi connectivity index (χ3v) is 11.1. The van der Waals surface area contributed by atoms with E-state index < -0.39 is 0 Å². The predicted molar refractivity (Wildman–Crippen MR) is 179 cm³/mol. The van der Waals surface area contributed by atoms with Crippen LogP contribution in [0.15, 0.2) is 36.8 Å². The highest BCUT2D eigenvalue weighted by Gasteiger charge is 2.47. The smallest absolute Gasteiger partial charge is 0.261 e. The lowest BCUT2D eigenvalue weighted by Gasteiger charge is -2.52. The van der Waals surface area contributed by atoms with Gasteiger partial charge in [0.15, 0.2) is 5.65 Å². The van der Waals surface area contributed by atoms with Crippen molar-refractivity contribution in [2.45, 2.75) is 44.6 Å². The molecule has 8 rings (SSSR count). The van der Waals surface area contributed by atoms with E-state index in [-0.39, 0.29) is 11.8 Å². The third-order valence-electron chi connectivity index (χ3n) is 11.1. The van der Waals surface area contributed by atoms with E-state index in [1.807, 2.05) is 24.4 Å². The number of likely N-dealkylation sites (N-methyl/N-ethyl adjacent to an activating group) is 1. The molecule has 0 radical (unpaired) electrons. The molecule has 4 aromatic rings. The Bertz CT molecular complexity index is 1790. The highest BCUT2D eigenvalue weighted by molar-refractivity contribution is 6.09. The number of benzene rings is 1. The Balaban J connectivity index is 0.940. The molecule has 13 nitrogen and oxygen atoms in total. The summed E-state index contributed by atoms with van der Waals surface area (Å²) in [5, 5.41) is 16.7. The summed E-state index contributed by atoms with van der Waals surface area (Å²) in [6, 6.07) is 6.10. The normalized spacial score (nSPS) is 21.0. The fraction of sp³-hybridized carbons (Fsp3) is 0.559. The highest BCUT2D eigenvalue weighted by Crippen LogP contribution is 2.55. The summed E-state index contributed by atoms with van der Waals surface area (Å²) in [6.45, 7) is 7.36. The average molecular weight is 641 g/mol. The van der Waals surface area contributed by atoms with Crippen LogP contribution in [0, 0.1) is 11.3 Å². The minimum atomic E-state index is -0.293. The van der Waals surface area contributed by atoms with Crippen LogP contribution in [0.4, 0.5) is 11.5 Å². The van der Waals surface area contributed by atoms with E-state index in [4.69, 9.17) is 14.8 Å².